The number of nitrogens with one attached hydrogen (secondary N) is 1. The molecule has 5 rings (SSSR count). The maximum atomic E-state index is 13.2. The molecule has 4 aromatic rings. The Morgan fingerprint density at radius 3 is 2.47 bits per heavy atom. The number of carbonyl (C=O) groups is 1. The summed E-state index contributed by atoms with van der Waals surface area (Å²) in [5, 5.41) is 11.8. The van der Waals surface area contributed by atoms with Gasteiger partial charge in [-0.3, -0.25) is 4.72 Å². The summed E-state index contributed by atoms with van der Waals surface area (Å²) in [5.74, 6) is 0.309. The Bertz CT molecular complexity index is 1540. The van der Waals surface area contributed by atoms with Gasteiger partial charge in [0.2, 0.25) is 0 Å². The SMILES string of the molecule is CC(C)(C)C1CCc2oc3c(cc(NS(=O)(=O)c4cccc(C(=O)O)c4)c4ccccc43)c2C1. The number of rotatable bonds is 4. The van der Waals surface area contributed by atoms with Gasteiger partial charge in [-0.1, -0.05) is 51.1 Å². The van der Waals surface area contributed by atoms with Gasteiger partial charge >= 0.3 is 5.97 Å². The molecule has 7 heteroatoms. The van der Waals surface area contributed by atoms with Crippen molar-refractivity contribution in [3.8, 4) is 0 Å². The quantitative estimate of drug-likeness (QED) is 0.363. The summed E-state index contributed by atoms with van der Waals surface area (Å²) in [7, 11) is -4.01. The largest absolute Gasteiger partial charge is 0.478 e. The minimum absolute atomic E-state index is 0.0830. The number of aryl methyl sites for hydroxylation is 1. The molecule has 0 bridgehead atoms. The summed E-state index contributed by atoms with van der Waals surface area (Å²) in [4.78, 5) is 11.2. The number of furan rings is 1. The average molecular weight is 478 g/mol. The van der Waals surface area contributed by atoms with Gasteiger partial charge in [0, 0.05) is 28.1 Å². The van der Waals surface area contributed by atoms with E-state index in [1.807, 2.05) is 30.3 Å². The van der Waals surface area contributed by atoms with Crippen molar-refractivity contribution in [2.75, 3.05) is 4.72 Å². The second-order valence-electron chi connectivity index (χ2n) is 10.1. The summed E-state index contributed by atoms with van der Waals surface area (Å²) in [6.07, 6.45) is 2.81. The van der Waals surface area contributed by atoms with Crippen molar-refractivity contribution in [3.05, 3.63) is 71.5 Å². The second-order valence-corrected chi connectivity index (χ2v) is 11.8. The van der Waals surface area contributed by atoms with Crippen molar-refractivity contribution >= 4 is 43.4 Å². The number of anilines is 1. The summed E-state index contributed by atoms with van der Waals surface area (Å²) in [5.41, 5.74) is 2.47. The highest BCUT2D eigenvalue weighted by molar-refractivity contribution is 7.92. The third-order valence-electron chi connectivity index (χ3n) is 6.91. The first kappa shape index (κ1) is 22.5. The third kappa shape index (κ3) is 3.84. The van der Waals surface area contributed by atoms with Gasteiger partial charge in [0.05, 0.1) is 16.1 Å². The van der Waals surface area contributed by atoms with Crippen LogP contribution in [0.15, 0.2) is 63.9 Å². The standard InChI is InChI=1S/C27H27NO5S/c1-27(2,3)17-11-12-24-21(14-17)22-15-23(19-9-4-5-10-20(19)25(22)33-24)28-34(31,32)18-8-6-7-16(13-18)26(29)30/h4-10,13,15,17,28H,11-12,14H2,1-3H3,(H,29,30). The number of fused-ring (bicyclic) bond motifs is 5. The van der Waals surface area contributed by atoms with E-state index in [0.29, 0.717) is 11.6 Å². The molecule has 3 aromatic carbocycles. The number of carboxylic acids is 1. The first-order valence-electron chi connectivity index (χ1n) is 11.4. The molecule has 0 radical (unpaired) electrons. The van der Waals surface area contributed by atoms with Gasteiger partial charge in [0.25, 0.3) is 10.0 Å². The first-order chi connectivity index (χ1) is 16.0. The van der Waals surface area contributed by atoms with E-state index in [2.05, 4.69) is 25.5 Å². The summed E-state index contributed by atoms with van der Waals surface area (Å²) < 4.78 is 35.5. The summed E-state index contributed by atoms with van der Waals surface area (Å²) >= 11 is 0. The van der Waals surface area contributed by atoms with Gasteiger partial charge in [-0.05, 0) is 48.4 Å². The van der Waals surface area contributed by atoms with Crippen LogP contribution in [0.2, 0.25) is 0 Å². The van der Waals surface area contributed by atoms with Crippen molar-refractivity contribution in [1.29, 1.82) is 0 Å². The molecular weight excluding hydrogens is 450 g/mol. The Labute approximate surface area is 198 Å². The minimum Gasteiger partial charge on any atom is -0.478 e. The highest BCUT2D eigenvalue weighted by atomic mass is 32.2. The van der Waals surface area contributed by atoms with E-state index >= 15 is 0 Å². The fourth-order valence-corrected chi connectivity index (χ4v) is 6.04. The minimum atomic E-state index is -4.01. The van der Waals surface area contributed by atoms with E-state index in [0.717, 1.165) is 52.3 Å². The molecule has 1 atom stereocenters. The van der Waals surface area contributed by atoms with Crippen molar-refractivity contribution in [3.63, 3.8) is 0 Å². The number of carboxylic acid groups (broad SMARTS) is 1. The number of hydrogen-bond acceptors (Lipinski definition) is 4. The Balaban J connectivity index is 1.65. The van der Waals surface area contributed by atoms with E-state index in [9.17, 15) is 18.3 Å². The molecule has 0 saturated heterocycles. The van der Waals surface area contributed by atoms with Gasteiger partial charge in [-0.2, -0.15) is 0 Å². The van der Waals surface area contributed by atoms with Crippen LogP contribution in [0.1, 0.15) is 48.9 Å². The fraction of sp³-hybridized carbons (Fsp3) is 0.296. The second kappa shape index (κ2) is 7.87. The van der Waals surface area contributed by atoms with Crippen LogP contribution in [0.5, 0.6) is 0 Å². The van der Waals surface area contributed by atoms with E-state index in [1.165, 1.54) is 24.3 Å². The summed E-state index contributed by atoms with van der Waals surface area (Å²) in [6.45, 7) is 6.77. The van der Waals surface area contributed by atoms with Gasteiger partial charge < -0.3 is 9.52 Å². The van der Waals surface area contributed by atoms with Gasteiger partial charge in [-0.25, -0.2) is 13.2 Å². The summed E-state index contributed by atoms with van der Waals surface area (Å²) in [6, 6.07) is 14.8. The first-order valence-corrected chi connectivity index (χ1v) is 12.8. The van der Waals surface area contributed by atoms with Crippen LogP contribution in [0.25, 0.3) is 21.7 Å². The number of aromatic carboxylic acids is 1. The van der Waals surface area contributed by atoms with Crippen molar-refractivity contribution in [2.24, 2.45) is 11.3 Å². The molecule has 2 N–H and O–H groups in total. The molecule has 0 amide bonds. The molecule has 1 aliphatic rings. The zero-order chi connectivity index (χ0) is 24.3. The molecule has 6 nitrogen and oxygen atoms in total. The predicted molar refractivity (Wildman–Crippen MR) is 133 cm³/mol. The van der Waals surface area contributed by atoms with E-state index in [-0.39, 0.29) is 15.9 Å². The van der Waals surface area contributed by atoms with Crippen LogP contribution in [0.3, 0.4) is 0 Å². The molecule has 1 unspecified atom stereocenters. The monoisotopic (exact) mass is 477 g/mol. The Morgan fingerprint density at radius 2 is 1.76 bits per heavy atom. The van der Waals surface area contributed by atoms with Crippen molar-refractivity contribution in [1.82, 2.24) is 0 Å². The molecule has 0 aliphatic heterocycles. The highest BCUT2D eigenvalue weighted by Crippen LogP contribution is 2.44. The third-order valence-corrected chi connectivity index (χ3v) is 8.28. The van der Waals surface area contributed by atoms with Crippen LogP contribution >= 0.6 is 0 Å². The molecule has 0 fully saturated rings. The zero-order valence-electron chi connectivity index (χ0n) is 19.4. The molecule has 1 aromatic heterocycles. The Kier molecular flexibility index (Phi) is 5.20. The zero-order valence-corrected chi connectivity index (χ0v) is 20.2. The smallest absolute Gasteiger partial charge is 0.335 e. The molecular formula is C27H27NO5S. The lowest BCUT2D eigenvalue weighted by molar-refractivity contribution is 0.0696. The topological polar surface area (TPSA) is 96.6 Å². The Hall–Kier alpha value is -3.32. The van der Waals surface area contributed by atoms with Gasteiger partial charge in [0.1, 0.15) is 11.3 Å². The van der Waals surface area contributed by atoms with Crippen LogP contribution in [0.4, 0.5) is 5.69 Å². The number of benzene rings is 3. The average Bonchev–Trinajstić information content (AvgIpc) is 3.16. The molecule has 34 heavy (non-hydrogen) atoms. The van der Waals surface area contributed by atoms with Gasteiger partial charge in [0.15, 0.2) is 0 Å². The molecule has 1 aliphatic carbocycles. The lowest BCUT2D eigenvalue weighted by Crippen LogP contribution is -2.26. The van der Waals surface area contributed by atoms with Crippen molar-refractivity contribution < 1.29 is 22.7 Å². The Morgan fingerprint density at radius 1 is 1.03 bits per heavy atom. The molecule has 0 spiro atoms. The predicted octanol–water partition coefficient (Wildman–Crippen LogP) is 6.24. The maximum Gasteiger partial charge on any atom is 0.335 e. The van der Waals surface area contributed by atoms with Gasteiger partial charge in [-0.15, -0.1) is 0 Å². The fourth-order valence-electron chi connectivity index (χ4n) is 4.92. The van der Waals surface area contributed by atoms with E-state index < -0.39 is 16.0 Å². The molecule has 176 valence electrons. The number of hydrogen-bond donors (Lipinski definition) is 2. The lowest BCUT2D eigenvalue weighted by Gasteiger charge is -2.33. The van der Waals surface area contributed by atoms with Crippen LogP contribution < -0.4 is 4.72 Å². The van der Waals surface area contributed by atoms with Crippen LogP contribution in [0, 0.1) is 11.3 Å². The van der Waals surface area contributed by atoms with Crippen molar-refractivity contribution in [2.45, 2.75) is 44.9 Å². The van der Waals surface area contributed by atoms with Crippen LogP contribution in [-0.4, -0.2) is 19.5 Å². The lowest BCUT2D eigenvalue weighted by atomic mass is 9.71. The maximum absolute atomic E-state index is 13.2. The normalized spacial score (nSPS) is 16.5. The number of sulfonamides is 1. The molecule has 0 saturated carbocycles. The van der Waals surface area contributed by atoms with E-state index in [4.69, 9.17) is 4.42 Å². The molecule has 1 heterocycles. The van der Waals surface area contributed by atoms with Crippen LogP contribution in [-0.2, 0) is 22.9 Å². The van der Waals surface area contributed by atoms with E-state index in [1.54, 1.807) is 0 Å². The highest BCUT2D eigenvalue weighted by Gasteiger charge is 2.32.